The van der Waals surface area contributed by atoms with Crippen molar-refractivity contribution < 1.29 is 9.59 Å². The zero-order valence-electron chi connectivity index (χ0n) is 12.5. The predicted octanol–water partition coefficient (Wildman–Crippen LogP) is 3.66. The van der Waals surface area contributed by atoms with E-state index in [2.05, 4.69) is 10.3 Å². The molecule has 1 aromatic heterocycles. The van der Waals surface area contributed by atoms with Gasteiger partial charge in [-0.3, -0.25) is 9.59 Å². The maximum atomic E-state index is 12.2. The van der Waals surface area contributed by atoms with Crippen LogP contribution in [0.2, 0.25) is 0 Å². The van der Waals surface area contributed by atoms with E-state index >= 15 is 0 Å². The van der Waals surface area contributed by atoms with Crippen molar-refractivity contribution in [2.75, 3.05) is 17.8 Å². The summed E-state index contributed by atoms with van der Waals surface area (Å²) in [5.41, 5.74) is 1.84. The lowest BCUT2D eigenvalue weighted by molar-refractivity contribution is -0.112. The maximum absolute atomic E-state index is 12.2. The number of ketones is 1. The first-order chi connectivity index (χ1) is 10.6. The van der Waals surface area contributed by atoms with Crippen LogP contribution in [0, 0.1) is 6.92 Å². The second-order valence-corrected chi connectivity index (χ2v) is 6.14. The Balaban J connectivity index is 2.30. The number of amides is 1. The molecule has 0 unspecified atom stereocenters. The number of anilines is 1. The molecule has 0 aliphatic rings. The number of nitrogens with one attached hydrogen (secondary N) is 1. The van der Waals surface area contributed by atoms with Crippen LogP contribution < -0.4 is 5.32 Å². The summed E-state index contributed by atoms with van der Waals surface area (Å²) in [7, 11) is 0. The minimum absolute atomic E-state index is 0.372. The Hall–Kier alpha value is -1.79. The Morgan fingerprint density at radius 2 is 1.77 bits per heavy atom. The minimum Gasteiger partial charge on any atom is -0.316 e. The van der Waals surface area contributed by atoms with Gasteiger partial charge in [-0.1, -0.05) is 30.3 Å². The highest BCUT2D eigenvalue weighted by Gasteiger charge is 2.20. The molecule has 1 aromatic carbocycles. The minimum atomic E-state index is -0.651. The molecule has 4 nitrogen and oxygen atoms in total. The van der Waals surface area contributed by atoms with E-state index < -0.39 is 11.7 Å². The van der Waals surface area contributed by atoms with E-state index in [4.69, 9.17) is 0 Å². The number of carbonyl (C=O) groups is 2. The van der Waals surface area contributed by atoms with Crippen LogP contribution in [0.3, 0.4) is 0 Å². The number of thioether (sulfide) groups is 2. The van der Waals surface area contributed by atoms with Gasteiger partial charge in [0.25, 0.3) is 11.7 Å². The van der Waals surface area contributed by atoms with Crippen molar-refractivity contribution in [3.05, 3.63) is 47.7 Å². The third kappa shape index (κ3) is 3.69. The van der Waals surface area contributed by atoms with Crippen LogP contribution >= 0.6 is 23.5 Å². The first-order valence-electron chi connectivity index (χ1n) is 6.57. The maximum Gasteiger partial charge on any atom is 0.296 e. The molecular formula is C16H16N2O2S2. The highest BCUT2D eigenvalue weighted by atomic mass is 32.2. The van der Waals surface area contributed by atoms with E-state index in [1.165, 1.54) is 23.5 Å². The summed E-state index contributed by atoms with van der Waals surface area (Å²) >= 11 is 2.95. The zero-order chi connectivity index (χ0) is 16.1. The predicted molar refractivity (Wildman–Crippen MR) is 91.9 cm³/mol. The van der Waals surface area contributed by atoms with Crippen molar-refractivity contribution in [3.63, 3.8) is 0 Å². The second kappa shape index (κ2) is 7.47. The molecule has 1 heterocycles. The van der Waals surface area contributed by atoms with Crippen molar-refractivity contribution in [2.45, 2.75) is 16.8 Å². The Bertz CT molecular complexity index is 678. The summed E-state index contributed by atoms with van der Waals surface area (Å²) in [6, 6.07) is 10.4. The van der Waals surface area contributed by atoms with Crippen molar-refractivity contribution in [2.24, 2.45) is 0 Å². The highest BCUT2D eigenvalue weighted by molar-refractivity contribution is 7.99. The molecule has 6 heteroatoms. The number of hydrogen-bond donors (Lipinski definition) is 1. The fourth-order valence-electron chi connectivity index (χ4n) is 1.93. The Kier molecular flexibility index (Phi) is 5.63. The van der Waals surface area contributed by atoms with Gasteiger partial charge >= 0.3 is 0 Å². The van der Waals surface area contributed by atoms with Gasteiger partial charge in [0.2, 0.25) is 0 Å². The molecule has 0 fully saturated rings. The van der Waals surface area contributed by atoms with E-state index in [-0.39, 0.29) is 0 Å². The van der Waals surface area contributed by atoms with Crippen LogP contribution in [0.25, 0.3) is 0 Å². The van der Waals surface area contributed by atoms with Crippen molar-refractivity contribution in [1.29, 1.82) is 0 Å². The lowest BCUT2D eigenvalue weighted by Gasteiger charge is -2.13. The summed E-state index contributed by atoms with van der Waals surface area (Å²) in [4.78, 5) is 29.7. The van der Waals surface area contributed by atoms with Gasteiger partial charge in [0.1, 0.15) is 5.03 Å². The highest BCUT2D eigenvalue weighted by Crippen LogP contribution is 2.33. The van der Waals surface area contributed by atoms with Gasteiger partial charge in [-0.2, -0.15) is 0 Å². The molecule has 2 aromatic rings. The van der Waals surface area contributed by atoms with Crippen molar-refractivity contribution in [3.8, 4) is 0 Å². The molecule has 0 radical (unpaired) electrons. The van der Waals surface area contributed by atoms with Crippen LogP contribution in [0.4, 0.5) is 5.69 Å². The number of aromatic nitrogens is 1. The van der Waals surface area contributed by atoms with Gasteiger partial charge in [0.15, 0.2) is 0 Å². The molecule has 0 saturated carbocycles. The topological polar surface area (TPSA) is 59.1 Å². The van der Waals surface area contributed by atoms with Crippen LogP contribution in [0.15, 0.2) is 46.3 Å². The Morgan fingerprint density at radius 3 is 2.36 bits per heavy atom. The summed E-state index contributed by atoms with van der Waals surface area (Å²) in [5.74, 6) is -1.21. The van der Waals surface area contributed by atoms with E-state index in [1.54, 1.807) is 30.3 Å². The van der Waals surface area contributed by atoms with Crippen LogP contribution in [0.5, 0.6) is 0 Å². The van der Waals surface area contributed by atoms with E-state index in [1.807, 2.05) is 25.5 Å². The largest absolute Gasteiger partial charge is 0.316 e. The number of rotatable bonds is 5. The summed E-state index contributed by atoms with van der Waals surface area (Å²) in [5, 5.41) is 3.42. The third-order valence-electron chi connectivity index (χ3n) is 2.97. The lowest BCUT2D eigenvalue weighted by atomic mass is 10.1. The summed E-state index contributed by atoms with van der Waals surface area (Å²) < 4.78 is 0. The number of pyridine rings is 1. The van der Waals surface area contributed by atoms with Gasteiger partial charge in [-0.15, -0.1) is 23.5 Å². The average Bonchev–Trinajstić information content (AvgIpc) is 2.55. The first kappa shape index (κ1) is 16.6. The molecule has 0 spiro atoms. The molecule has 0 saturated heterocycles. The fourth-order valence-corrected chi connectivity index (χ4v) is 3.24. The lowest BCUT2D eigenvalue weighted by Crippen LogP contribution is -2.23. The number of carbonyl (C=O) groups excluding carboxylic acids is 2. The monoisotopic (exact) mass is 332 g/mol. The van der Waals surface area contributed by atoms with Gasteiger partial charge < -0.3 is 5.32 Å². The SMILES string of the molecule is CSc1cc(C)nc(SC)c1NC(=O)C(=O)c1ccccc1. The molecule has 0 atom stereocenters. The Labute approximate surface area is 138 Å². The first-order valence-corrected chi connectivity index (χ1v) is 9.02. The number of benzene rings is 1. The van der Waals surface area contributed by atoms with E-state index in [0.717, 1.165) is 10.6 Å². The number of nitrogens with zero attached hydrogens (tertiary/aromatic N) is 1. The standard InChI is InChI=1S/C16H16N2O2S2/c1-10-9-12(21-2)13(16(17-10)22-3)18-15(20)14(19)11-7-5-4-6-8-11/h4-9H,1-3H3,(H,18,20). The average molecular weight is 332 g/mol. The van der Waals surface area contributed by atoms with Gasteiger partial charge in [0.05, 0.1) is 5.69 Å². The van der Waals surface area contributed by atoms with Crippen LogP contribution in [-0.2, 0) is 4.79 Å². The molecule has 0 bridgehead atoms. The second-order valence-electron chi connectivity index (χ2n) is 4.50. The van der Waals surface area contributed by atoms with Gasteiger partial charge in [-0.05, 0) is 25.5 Å². The number of aryl methyl sites for hydroxylation is 1. The molecule has 1 amide bonds. The van der Waals surface area contributed by atoms with Crippen LogP contribution in [0.1, 0.15) is 16.1 Å². The van der Waals surface area contributed by atoms with Gasteiger partial charge in [-0.25, -0.2) is 4.98 Å². The van der Waals surface area contributed by atoms with E-state index in [9.17, 15) is 9.59 Å². The number of Topliss-reactive ketones (excluding diaryl/α,β-unsaturated/α-hetero) is 1. The van der Waals surface area contributed by atoms with E-state index in [0.29, 0.717) is 16.3 Å². The molecule has 114 valence electrons. The molecular weight excluding hydrogens is 316 g/mol. The molecule has 0 aliphatic carbocycles. The zero-order valence-corrected chi connectivity index (χ0v) is 14.2. The molecule has 1 N–H and O–H groups in total. The Morgan fingerprint density at radius 1 is 1.09 bits per heavy atom. The quantitative estimate of drug-likeness (QED) is 0.514. The van der Waals surface area contributed by atoms with Crippen molar-refractivity contribution in [1.82, 2.24) is 4.98 Å². The smallest absolute Gasteiger partial charge is 0.296 e. The summed E-state index contributed by atoms with van der Waals surface area (Å²) in [6.07, 6.45) is 3.81. The molecule has 22 heavy (non-hydrogen) atoms. The molecule has 2 rings (SSSR count). The van der Waals surface area contributed by atoms with Crippen molar-refractivity contribution >= 4 is 40.9 Å². The third-order valence-corrected chi connectivity index (χ3v) is 4.42. The van der Waals surface area contributed by atoms with Crippen LogP contribution in [-0.4, -0.2) is 29.2 Å². The van der Waals surface area contributed by atoms with Gasteiger partial charge in [0, 0.05) is 16.2 Å². The number of hydrogen-bond acceptors (Lipinski definition) is 5. The normalized spacial score (nSPS) is 10.3. The summed E-state index contributed by atoms with van der Waals surface area (Å²) in [6.45, 7) is 1.90. The molecule has 0 aliphatic heterocycles. The fraction of sp³-hybridized carbons (Fsp3) is 0.188.